The number of carbonyl (C=O) groups is 1. The third-order valence-corrected chi connectivity index (χ3v) is 6.20. The number of nitrogens with zero attached hydrogens (tertiary/aromatic N) is 4. The summed E-state index contributed by atoms with van der Waals surface area (Å²) in [5.74, 6) is -0.318. The maximum absolute atomic E-state index is 13.2. The summed E-state index contributed by atoms with van der Waals surface area (Å²) >= 11 is 0. The van der Waals surface area contributed by atoms with Crippen LogP contribution in [0.15, 0.2) is 46.0 Å². The average Bonchev–Trinajstić information content (AvgIpc) is 3.36. The van der Waals surface area contributed by atoms with Crippen LogP contribution in [-0.2, 0) is 19.5 Å². The van der Waals surface area contributed by atoms with Gasteiger partial charge >= 0.3 is 5.69 Å². The topological polar surface area (TPSA) is 89.8 Å². The van der Waals surface area contributed by atoms with Crippen molar-refractivity contribution in [3.05, 3.63) is 91.0 Å². The van der Waals surface area contributed by atoms with E-state index in [1.54, 1.807) is 6.07 Å². The Hall–Kier alpha value is -3.66. The molecule has 0 saturated heterocycles. The Morgan fingerprint density at radius 2 is 1.90 bits per heavy atom. The lowest BCUT2D eigenvalue weighted by Crippen LogP contribution is -2.43. The Labute approximate surface area is 179 Å². The van der Waals surface area contributed by atoms with Gasteiger partial charge in [-0.15, -0.1) is 0 Å². The van der Waals surface area contributed by atoms with E-state index < -0.39 is 11.2 Å². The van der Waals surface area contributed by atoms with Crippen molar-refractivity contribution in [3.8, 4) is 6.07 Å². The highest BCUT2D eigenvalue weighted by Gasteiger charge is 2.25. The van der Waals surface area contributed by atoms with Gasteiger partial charge in [0, 0.05) is 29.2 Å². The third kappa shape index (κ3) is 3.34. The Morgan fingerprint density at radius 1 is 1.19 bits per heavy atom. The Morgan fingerprint density at radius 3 is 2.58 bits per heavy atom. The first-order valence-electron chi connectivity index (χ1n) is 10.4. The van der Waals surface area contributed by atoms with Crippen LogP contribution in [0.4, 0.5) is 0 Å². The molecular formula is C24H24N4O3. The zero-order valence-corrected chi connectivity index (χ0v) is 17.9. The van der Waals surface area contributed by atoms with Crippen LogP contribution in [0.5, 0.6) is 0 Å². The van der Waals surface area contributed by atoms with Gasteiger partial charge in [0.15, 0.2) is 5.78 Å². The van der Waals surface area contributed by atoms with E-state index in [0.29, 0.717) is 30.6 Å². The molecule has 7 heteroatoms. The molecule has 0 radical (unpaired) electrons. The molecule has 0 amide bonds. The Balaban J connectivity index is 1.73. The molecule has 3 heterocycles. The number of hydrogen-bond donors (Lipinski definition) is 0. The number of fused-ring (bicyclic) bond motifs is 1. The first-order valence-corrected chi connectivity index (χ1v) is 10.4. The lowest BCUT2D eigenvalue weighted by molar-refractivity contribution is 0.0967. The second-order valence-electron chi connectivity index (χ2n) is 8.03. The van der Waals surface area contributed by atoms with E-state index in [0.717, 1.165) is 21.5 Å². The molecule has 1 aliphatic heterocycles. The maximum atomic E-state index is 13.2. The maximum Gasteiger partial charge on any atom is 0.331 e. The highest BCUT2D eigenvalue weighted by atomic mass is 16.2. The predicted molar refractivity (Wildman–Crippen MR) is 116 cm³/mol. The van der Waals surface area contributed by atoms with Gasteiger partial charge in [-0.2, -0.15) is 5.26 Å². The van der Waals surface area contributed by atoms with Crippen molar-refractivity contribution in [3.63, 3.8) is 0 Å². The average molecular weight is 416 g/mol. The van der Waals surface area contributed by atoms with E-state index in [2.05, 4.69) is 11.5 Å². The molecular weight excluding hydrogens is 392 g/mol. The molecule has 0 bridgehead atoms. The van der Waals surface area contributed by atoms with Crippen LogP contribution in [0.25, 0.3) is 0 Å². The van der Waals surface area contributed by atoms with E-state index in [9.17, 15) is 19.6 Å². The van der Waals surface area contributed by atoms with Gasteiger partial charge in [0.2, 0.25) is 0 Å². The van der Waals surface area contributed by atoms with E-state index in [1.165, 1.54) is 4.57 Å². The first kappa shape index (κ1) is 20.6. The van der Waals surface area contributed by atoms with Crippen LogP contribution in [-0.4, -0.2) is 19.5 Å². The molecule has 158 valence electrons. The molecule has 0 fully saturated rings. The molecule has 0 unspecified atom stereocenters. The number of benzene rings is 1. The number of Topliss-reactive ketones (excluding diaryl/α,β-unsaturated/α-hetero) is 1. The zero-order valence-electron chi connectivity index (χ0n) is 17.9. The minimum absolute atomic E-state index is 0.0290. The third-order valence-electron chi connectivity index (χ3n) is 6.20. The van der Waals surface area contributed by atoms with Gasteiger partial charge in [0.05, 0.1) is 12.6 Å². The van der Waals surface area contributed by atoms with Crippen molar-refractivity contribution in [2.45, 2.75) is 52.7 Å². The van der Waals surface area contributed by atoms with Crippen molar-refractivity contribution < 1.29 is 4.79 Å². The SMILES string of the molecule is Cc1cc(C(=O)Cn2c(=O)c(C#N)c3n(c2=O)CCC3)c(C)n1[C@H](C)c1ccccc1. The van der Waals surface area contributed by atoms with Crippen molar-refractivity contribution in [2.24, 2.45) is 0 Å². The van der Waals surface area contributed by atoms with Crippen molar-refractivity contribution >= 4 is 5.78 Å². The lowest BCUT2D eigenvalue weighted by Gasteiger charge is -2.19. The molecule has 1 atom stereocenters. The molecule has 1 aliphatic rings. The minimum Gasteiger partial charge on any atom is -0.341 e. The molecule has 1 aromatic carbocycles. The van der Waals surface area contributed by atoms with Gasteiger partial charge in [0.1, 0.15) is 11.6 Å². The summed E-state index contributed by atoms with van der Waals surface area (Å²) in [5.41, 5.74) is 2.56. The second kappa shape index (κ2) is 7.88. The standard InChI is InChI=1S/C24H24N4O3/c1-15-12-19(17(3)28(15)16(2)18-8-5-4-6-9-18)22(29)14-27-23(30)20(13-25)21-10-7-11-26(21)24(27)31/h4-6,8-9,12,16H,7,10-11,14H2,1-3H3/t16-/m1/s1. The molecule has 0 saturated carbocycles. The number of aryl methyl sites for hydroxylation is 1. The highest BCUT2D eigenvalue weighted by Crippen LogP contribution is 2.26. The summed E-state index contributed by atoms with van der Waals surface area (Å²) in [7, 11) is 0. The largest absolute Gasteiger partial charge is 0.341 e. The first-order chi connectivity index (χ1) is 14.8. The number of hydrogen-bond acceptors (Lipinski definition) is 4. The van der Waals surface area contributed by atoms with Crippen LogP contribution in [0, 0.1) is 25.2 Å². The molecule has 0 spiro atoms. The van der Waals surface area contributed by atoms with Gasteiger partial charge in [-0.1, -0.05) is 30.3 Å². The predicted octanol–water partition coefficient (Wildman–Crippen LogP) is 2.74. The van der Waals surface area contributed by atoms with Crippen LogP contribution >= 0.6 is 0 Å². The molecule has 3 aromatic rings. The van der Waals surface area contributed by atoms with Gasteiger partial charge in [-0.3, -0.25) is 18.7 Å². The van der Waals surface area contributed by atoms with Crippen molar-refractivity contribution in [2.75, 3.05) is 0 Å². The van der Waals surface area contributed by atoms with Gasteiger partial charge < -0.3 is 4.57 Å². The van der Waals surface area contributed by atoms with Crippen LogP contribution in [0.2, 0.25) is 0 Å². The molecule has 0 N–H and O–H groups in total. The zero-order chi connectivity index (χ0) is 22.3. The van der Waals surface area contributed by atoms with Crippen molar-refractivity contribution in [1.29, 1.82) is 5.26 Å². The second-order valence-corrected chi connectivity index (χ2v) is 8.03. The molecule has 2 aromatic heterocycles. The number of rotatable bonds is 5. The molecule has 31 heavy (non-hydrogen) atoms. The van der Waals surface area contributed by atoms with Gasteiger partial charge in [0.25, 0.3) is 5.56 Å². The fourth-order valence-corrected chi connectivity index (χ4v) is 4.65. The number of aromatic nitrogens is 3. The van der Waals surface area contributed by atoms with Crippen molar-refractivity contribution in [1.82, 2.24) is 13.7 Å². The Kier molecular flexibility index (Phi) is 5.24. The normalized spacial score (nSPS) is 13.6. The van der Waals surface area contributed by atoms with E-state index in [1.807, 2.05) is 50.2 Å². The molecule has 7 nitrogen and oxygen atoms in total. The van der Waals surface area contributed by atoms with E-state index in [-0.39, 0.29) is 23.9 Å². The summed E-state index contributed by atoms with van der Waals surface area (Å²) in [6, 6.07) is 13.8. The highest BCUT2D eigenvalue weighted by molar-refractivity contribution is 5.97. The summed E-state index contributed by atoms with van der Waals surface area (Å²) in [5, 5.41) is 9.44. The van der Waals surface area contributed by atoms with Gasteiger partial charge in [-0.05, 0) is 45.2 Å². The van der Waals surface area contributed by atoms with Crippen LogP contribution < -0.4 is 11.2 Å². The summed E-state index contributed by atoms with van der Waals surface area (Å²) in [6.45, 7) is 5.96. The fraction of sp³-hybridized carbons (Fsp3) is 0.333. The fourth-order valence-electron chi connectivity index (χ4n) is 4.65. The number of carbonyl (C=O) groups excluding carboxylic acids is 1. The molecule has 4 rings (SSSR count). The number of nitriles is 1. The summed E-state index contributed by atoms with van der Waals surface area (Å²) in [6.07, 6.45) is 1.24. The van der Waals surface area contributed by atoms with Gasteiger partial charge in [-0.25, -0.2) is 4.79 Å². The minimum atomic E-state index is -0.680. The van der Waals surface area contributed by atoms with E-state index in [4.69, 9.17) is 0 Å². The van der Waals surface area contributed by atoms with Crippen LogP contribution in [0.1, 0.15) is 58.0 Å². The summed E-state index contributed by atoms with van der Waals surface area (Å²) in [4.78, 5) is 38.8. The monoisotopic (exact) mass is 416 g/mol. The van der Waals surface area contributed by atoms with E-state index >= 15 is 0 Å². The lowest BCUT2D eigenvalue weighted by atomic mass is 10.1. The number of ketones is 1. The van der Waals surface area contributed by atoms with Crippen LogP contribution in [0.3, 0.4) is 0 Å². The Bertz CT molecular complexity index is 1340. The summed E-state index contributed by atoms with van der Waals surface area (Å²) < 4.78 is 4.44. The molecule has 0 aliphatic carbocycles. The smallest absolute Gasteiger partial charge is 0.331 e. The quantitative estimate of drug-likeness (QED) is 0.598.